The van der Waals surface area contributed by atoms with Crippen molar-refractivity contribution in [2.75, 3.05) is 6.54 Å². The molecule has 0 aliphatic carbocycles. The Balaban J connectivity index is 1.53. The number of amides is 2. The number of hydrogen-bond donors (Lipinski definition) is 1. The van der Waals surface area contributed by atoms with Crippen LogP contribution in [0.2, 0.25) is 0 Å². The Morgan fingerprint density at radius 1 is 1.33 bits per heavy atom. The summed E-state index contributed by atoms with van der Waals surface area (Å²) in [4.78, 5) is 31.3. The Morgan fingerprint density at radius 2 is 2.25 bits per heavy atom. The van der Waals surface area contributed by atoms with E-state index in [1.54, 1.807) is 23.7 Å². The summed E-state index contributed by atoms with van der Waals surface area (Å²) in [6.45, 7) is 1.13. The molecule has 1 aliphatic heterocycles. The lowest BCUT2D eigenvalue weighted by Crippen LogP contribution is -2.29. The maximum Gasteiger partial charge on any atom is 0.247 e. The predicted molar refractivity (Wildman–Crippen MR) is 93.2 cm³/mol. The Bertz CT molecular complexity index is 713. The Morgan fingerprint density at radius 3 is 3.00 bits per heavy atom. The summed E-state index contributed by atoms with van der Waals surface area (Å²) in [6.07, 6.45) is 8.03. The fraction of sp³-hybridized carbons (Fsp3) is 0.278. The van der Waals surface area contributed by atoms with Gasteiger partial charge in [-0.2, -0.15) is 0 Å². The molecule has 24 heavy (non-hydrogen) atoms. The lowest BCUT2D eigenvalue weighted by atomic mass is 10.2. The van der Waals surface area contributed by atoms with E-state index >= 15 is 0 Å². The van der Waals surface area contributed by atoms with Crippen LogP contribution in [0.15, 0.2) is 54.2 Å². The molecular weight excluding hydrogens is 322 g/mol. The first kappa shape index (κ1) is 16.4. The van der Waals surface area contributed by atoms with Crippen molar-refractivity contribution in [3.05, 3.63) is 64.6 Å². The zero-order valence-electron chi connectivity index (χ0n) is 13.2. The van der Waals surface area contributed by atoms with Gasteiger partial charge in [0.25, 0.3) is 0 Å². The van der Waals surface area contributed by atoms with Crippen molar-refractivity contribution < 1.29 is 9.59 Å². The fourth-order valence-corrected chi connectivity index (χ4v) is 3.67. The molecule has 1 fully saturated rings. The molecule has 0 radical (unpaired) electrons. The van der Waals surface area contributed by atoms with E-state index in [1.165, 1.54) is 17.0 Å². The van der Waals surface area contributed by atoms with Gasteiger partial charge in [-0.1, -0.05) is 12.1 Å². The van der Waals surface area contributed by atoms with E-state index in [9.17, 15) is 9.59 Å². The van der Waals surface area contributed by atoms with Crippen LogP contribution in [0.25, 0.3) is 0 Å². The van der Waals surface area contributed by atoms with E-state index in [0.717, 1.165) is 24.9 Å². The first-order valence-electron chi connectivity index (χ1n) is 7.93. The molecule has 1 saturated heterocycles. The standard InChI is InChI=1S/C18H19N3O2S/c22-17(20-13-14-4-1-9-19-12-14)7-8-18(23)21-10-2-5-15(21)16-6-3-11-24-16/h1,3-4,6-9,11-12,15H,2,5,10,13H2,(H,20,22)/b8-7+. The SMILES string of the molecule is O=C(/C=C/C(=O)N1CCCC1c1cccs1)NCc1cccnc1. The summed E-state index contributed by atoms with van der Waals surface area (Å²) < 4.78 is 0. The van der Waals surface area contributed by atoms with Crippen molar-refractivity contribution >= 4 is 23.2 Å². The third kappa shape index (κ3) is 4.08. The van der Waals surface area contributed by atoms with Crippen LogP contribution in [-0.2, 0) is 16.1 Å². The maximum atomic E-state index is 12.4. The smallest absolute Gasteiger partial charge is 0.247 e. The van der Waals surface area contributed by atoms with Crippen molar-refractivity contribution in [1.82, 2.24) is 15.2 Å². The molecule has 6 heteroatoms. The molecule has 1 N–H and O–H groups in total. The lowest BCUT2D eigenvalue weighted by Gasteiger charge is -2.22. The minimum Gasteiger partial charge on any atom is -0.348 e. The third-order valence-corrected chi connectivity index (χ3v) is 4.95. The first-order valence-corrected chi connectivity index (χ1v) is 8.81. The normalized spacial score (nSPS) is 17.3. The highest BCUT2D eigenvalue weighted by molar-refractivity contribution is 7.10. The van der Waals surface area contributed by atoms with Crippen LogP contribution in [0, 0.1) is 0 Å². The first-order chi connectivity index (χ1) is 11.7. The van der Waals surface area contributed by atoms with Crippen LogP contribution in [0.3, 0.4) is 0 Å². The van der Waals surface area contributed by atoms with Gasteiger partial charge >= 0.3 is 0 Å². The lowest BCUT2D eigenvalue weighted by molar-refractivity contribution is -0.127. The third-order valence-electron chi connectivity index (χ3n) is 3.97. The van der Waals surface area contributed by atoms with E-state index in [2.05, 4.69) is 16.4 Å². The van der Waals surface area contributed by atoms with E-state index in [4.69, 9.17) is 0 Å². The number of pyridine rings is 1. The molecule has 0 saturated carbocycles. The van der Waals surface area contributed by atoms with E-state index in [1.807, 2.05) is 28.5 Å². The second-order valence-electron chi connectivity index (χ2n) is 5.62. The van der Waals surface area contributed by atoms with Crippen LogP contribution in [0.1, 0.15) is 29.3 Å². The van der Waals surface area contributed by atoms with Gasteiger partial charge in [-0.3, -0.25) is 14.6 Å². The zero-order chi connectivity index (χ0) is 16.8. The summed E-state index contributed by atoms with van der Waals surface area (Å²) in [7, 11) is 0. The predicted octanol–water partition coefficient (Wildman–Crippen LogP) is 2.68. The number of carbonyl (C=O) groups is 2. The molecule has 3 heterocycles. The summed E-state index contributed by atoms with van der Waals surface area (Å²) in [6, 6.07) is 7.91. The number of thiophene rings is 1. The zero-order valence-corrected chi connectivity index (χ0v) is 14.0. The van der Waals surface area contributed by atoms with Crippen LogP contribution in [0.5, 0.6) is 0 Å². The molecule has 1 aliphatic rings. The largest absolute Gasteiger partial charge is 0.348 e. The molecule has 0 aromatic carbocycles. The van der Waals surface area contributed by atoms with Crippen LogP contribution < -0.4 is 5.32 Å². The molecule has 0 bridgehead atoms. The quantitative estimate of drug-likeness (QED) is 0.851. The average Bonchev–Trinajstić information content (AvgIpc) is 3.29. The van der Waals surface area contributed by atoms with Crippen molar-refractivity contribution in [2.45, 2.75) is 25.4 Å². The topological polar surface area (TPSA) is 62.3 Å². The number of nitrogens with one attached hydrogen (secondary N) is 1. The average molecular weight is 341 g/mol. The van der Waals surface area contributed by atoms with Crippen LogP contribution >= 0.6 is 11.3 Å². The highest BCUT2D eigenvalue weighted by Crippen LogP contribution is 2.34. The van der Waals surface area contributed by atoms with Gasteiger partial charge in [-0.15, -0.1) is 11.3 Å². The molecular formula is C18H19N3O2S. The molecule has 1 atom stereocenters. The molecule has 2 amide bonds. The molecule has 1 unspecified atom stereocenters. The minimum absolute atomic E-state index is 0.109. The Kier molecular flexibility index (Phi) is 5.38. The summed E-state index contributed by atoms with van der Waals surface area (Å²) in [5.41, 5.74) is 0.919. The highest BCUT2D eigenvalue weighted by atomic mass is 32.1. The second kappa shape index (κ2) is 7.88. The van der Waals surface area contributed by atoms with E-state index < -0.39 is 0 Å². The molecule has 2 aromatic rings. The summed E-state index contributed by atoms with van der Waals surface area (Å²) in [5.74, 6) is -0.387. The van der Waals surface area contributed by atoms with Crippen molar-refractivity contribution in [3.63, 3.8) is 0 Å². The van der Waals surface area contributed by atoms with E-state index in [0.29, 0.717) is 6.54 Å². The number of aromatic nitrogens is 1. The number of likely N-dealkylation sites (tertiary alicyclic amines) is 1. The number of hydrogen-bond acceptors (Lipinski definition) is 4. The Labute approximate surface area is 145 Å². The van der Waals surface area contributed by atoms with Gasteiger partial charge in [0.05, 0.1) is 6.04 Å². The fourth-order valence-electron chi connectivity index (χ4n) is 2.80. The second-order valence-corrected chi connectivity index (χ2v) is 6.60. The van der Waals surface area contributed by atoms with Gasteiger partial charge in [0.2, 0.25) is 11.8 Å². The van der Waals surface area contributed by atoms with Gasteiger partial charge < -0.3 is 10.2 Å². The minimum atomic E-state index is -0.279. The number of carbonyl (C=O) groups excluding carboxylic acids is 2. The monoisotopic (exact) mass is 341 g/mol. The number of rotatable bonds is 5. The van der Waals surface area contributed by atoms with Crippen LogP contribution in [-0.4, -0.2) is 28.2 Å². The molecule has 124 valence electrons. The van der Waals surface area contributed by atoms with Gasteiger partial charge in [0.1, 0.15) is 0 Å². The van der Waals surface area contributed by atoms with Gasteiger partial charge in [0.15, 0.2) is 0 Å². The number of nitrogens with zero attached hydrogens (tertiary/aromatic N) is 2. The van der Waals surface area contributed by atoms with E-state index in [-0.39, 0.29) is 17.9 Å². The molecule has 2 aromatic heterocycles. The summed E-state index contributed by atoms with van der Waals surface area (Å²) in [5, 5.41) is 4.78. The molecule has 0 spiro atoms. The summed E-state index contributed by atoms with van der Waals surface area (Å²) >= 11 is 1.67. The maximum absolute atomic E-state index is 12.4. The van der Waals surface area contributed by atoms with Crippen LogP contribution in [0.4, 0.5) is 0 Å². The van der Waals surface area contributed by atoms with Gasteiger partial charge in [-0.25, -0.2) is 0 Å². The molecule has 3 rings (SSSR count). The van der Waals surface area contributed by atoms with Crippen molar-refractivity contribution in [1.29, 1.82) is 0 Å². The van der Waals surface area contributed by atoms with Crippen molar-refractivity contribution in [3.8, 4) is 0 Å². The Hall–Kier alpha value is -2.47. The van der Waals surface area contributed by atoms with Gasteiger partial charge in [-0.05, 0) is 35.9 Å². The van der Waals surface area contributed by atoms with Crippen molar-refractivity contribution in [2.24, 2.45) is 0 Å². The highest BCUT2D eigenvalue weighted by Gasteiger charge is 2.29. The molecule has 5 nitrogen and oxygen atoms in total. The van der Waals surface area contributed by atoms with Gasteiger partial charge in [0, 0.05) is 42.5 Å².